The molecule has 2 saturated carbocycles. The first kappa shape index (κ1) is 26.3. The fourth-order valence-corrected chi connectivity index (χ4v) is 6.76. The van der Waals surface area contributed by atoms with E-state index in [4.69, 9.17) is 4.43 Å². The first-order chi connectivity index (χ1) is 13.2. The van der Waals surface area contributed by atoms with Gasteiger partial charge < -0.3 is 9.22 Å². The van der Waals surface area contributed by atoms with Gasteiger partial charge in [-0.25, -0.2) is 0 Å². The van der Waals surface area contributed by atoms with Gasteiger partial charge in [-0.2, -0.15) is 0 Å². The maximum absolute atomic E-state index is 11.0. The van der Waals surface area contributed by atoms with Crippen LogP contribution in [0.1, 0.15) is 93.9 Å². The molecule has 0 aromatic carbocycles. The SMILES string of the molecule is CC(C)(C)C/C=C1\C[C@@H](CC(C)(C)[Si](C)(C)O)C2(CC2)[C@H](O[Si](C)(C)C(C)(C)C)C1. The molecule has 0 saturated heterocycles. The third-order valence-corrected chi connectivity index (χ3v) is 16.9. The largest absolute Gasteiger partial charge is 0.432 e. The van der Waals surface area contributed by atoms with E-state index in [2.05, 4.69) is 87.7 Å². The molecule has 4 heteroatoms. The van der Waals surface area contributed by atoms with E-state index in [0.29, 0.717) is 22.9 Å². The van der Waals surface area contributed by atoms with E-state index >= 15 is 0 Å². The van der Waals surface area contributed by atoms with Crippen LogP contribution in [0.4, 0.5) is 0 Å². The van der Waals surface area contributed by atoms with Crippen LogP contribution in [-0.2, 0) is 4.43 Å². The quantitative estimate of drug-likeness (QED) is 0.324. The highest BCUT2D eigenvalue weighted by Crippen LogP contribution is 2.65. The molecule has 2 fully saturated rings. The molecule has 176 valence electrons. The molecule has 0 aliphatic heterocycles. The molecule has 0 radical (unpaired) electrons. The molecule has 0 heterocycles. The van der Waals surface area contributed by atoms with E-state index in [1.165, 1.54) is 19.3 Å². The van der Waals surface area contributed by atoms with Gasteiger partial charge in [0, 0.05) is 0 Å². The summed E-state index contributed by atoms with van der Waals surface area (Å²) in [5, 5.41) is 0.270. The van der Waals surface area contributed by atoms with E-state index in [9.17, 15) is 4.80 Å². The number of hydrogen-bond donors (Lipinski definition) is 1. The minimum Gasteiger partial charge on any atom is -0.432 e. The summed E-state index contributed by atoms with van der Waals surface area (Å²) in [7, 11) is -4.05. The molecule has 0 aromatic heterocycles. The van der Waals surface area contributed by atoms with E-state index in [1.54, 1.807) is 5.57 Å². The van der Waals surface area contributed by atoms with Gasteiger partial charge >= 0.3 is 0 Å². The van der Waals surface area contributed by atoms with Crippen LogP contribution in [-0.4, -0.2) is 27.5 Å². The standard InChI is InChI=1S/C26H52O2Si2/c1-23(2,3)14-13-20-17-21(19-25(7,8)29(9,10)27)26(15-16-26)22(18-20)28-30(11,12)24(4,5)6/h13,21-22,27H,14-19H2,1-12H3/b20-13+/t21-,22+/m0/s1. The summed E-state index contributed by atoms with van der Waals surface area (Å²) in [6.45, 7) is 27.8. The molecule has 2 aliphatic rings. The first-order valence-corrected chi connectivity index (χ1v) is 18.1. The first-order valence-electron chi connectivity index (χ1n) is 12.3. The second-order valence-electron chi connectivity index (χ2n) is 14.5. The van der Waals surface area contributed by atoms with Gasteiger partial charge in [0.05, 0.1) is 6.10 Å². The Morgan fingerprint density at radius 1 is 0.967 bits per heavy atom. The zero-order valence-electron chi connectivity index (χ0n) is 22.3. The predicted octanol–water partition coefficient (Wildman–Crippen LogP) is 8.30. The summed E-state index contributed by atoms with van der Waals surface area (Å²) in [4.78, 5) is 11.0. The van der Waals surface area contributed by atoms with E-state index in [0.717, 1.165) is 19.3 Å². The molecule has 2 aliphatic carbocycles. The fourth-order valence-electron chi connectivity index (χ4n) is 4.63. The fraction of sp³-hybridized carbons (Fsp3) is 0.923. The molecule has 30 heavy (non-hydrogen) atoms. The lowest BCUT2D eigenvalue weighted by Gasteiger charge is -2.49. The molecule has 2 rings (SSSR count). The molecule has 0 bridgehead atoms. The zero-order valence-corrected chi connectivity index (χ0v) is 24.3. The van der Waals surface area contributed by atoms with Crippen LogP contribution in [0.5, 0.6) is 0 Å². The van der Waals surface area contributed by atoms with Crippen LogP contribution in [0.2, 0.25) is 36.3 Å². The summed E-state index contributed by atoms with van der Waals surface area (Å²) in [6, 6.07) is 0. The van der Waals surface area contributed by atoms with E-state index < -0.39 is 16.6 Å². The minimum atomic E-state index is -2.22. The lowest BCUT2D eigenvalue weighted by Crippen LogP contribution is -2.50. The van der Waals surface area contributed by atoms with Crippen molar-refractivity contribution in [2.24, 2.45) is 16.7 Å². The van der Waals surface area contributed by atoms with Crippen LogP contribution in [0.15, 0.2) is 11.6 Å². The number of hydrogen-bond acceptors (Lipinski definition) is 2. The van der Waals surface area contributed by atoms with Gasteiger partial charge in [-0.15, -0.1) is 0 Å². The molecule has 0 unspecified atom stereocenters. The Labute approximate surface area is 190 Å². The van der Waals surface area contributed by atoms with E-state index in [-0.39, 0.29) is 10.1 Å². The van der Waals surface area contributed by atoms with Crippen molar-refractivity contribution in [3.8, 4) is 0 Å². The van der Waals surface area contributed by atoms with Gasteiger partial charge in [-0.3, -0.25) is 0 Å². The lowest BCUT2D eigenvalue weighted by atomic mass is 9.68. The van der Waals surface area contributed by atoms with Crippen molar-refractivity contribution < 1.29 is 9.22 Å². The monoisotopic (exact) mass is 452 g/mol. The van der Waals surface area contributed by atoms with Crippen molar-refractivity contribution >= 4 is 16.6 Å². The van der Waals surface area contributed by atoms with Gasteiger partial charge in [-0.1, -0.05) is 67.0 Å². The molecular weight excluding hydrogens is 400 g/mol. The Balaban J connectivity index is 2.36. The summed E-state index contributed by atoms with van der Waals surface area (Å²) in [5.74, 6) is 0.640. The molecule has 2 atom stereocenters. The molecule has 1 N–H and O–H groups in total. The maximum Gasteiger partial charge on any atom is 0.192 e. The second kappa shape index (κ2) is 8.15. The molecule has 1 spiro atoms. The van der Waals surface area contributed by atoms with Gasteiger partial charge in [0.2, 0.25) is 0 Å². The highest BCUT2D eigenvalue weighted by Gasteiger charge is 2.60. The third kappa shape index (κ3) is 5.91. The number of allylic oxidation sites excluding steroid dienone is 1. The Morgan fingerprint density at radius 2 is 1.50 bits per heavy atom. The minimum absolute atomic E-state index is 0.0290. The third-order valence-electron chi connectivity index (χ3n) is 8.90. The summed E-state index contributed by atoms with van der Waals surface area (Å²) in [6.07, 6.45) is 10.1. The highest BCUT2D eigenvalue weighted by atomic mass is 28.4. The van der Waals surface area contributed by atoms with Crippen LogP contribution in [0.25, 0.3) is 0 Å². The molecule has 2 nitrogen and oxygen atoms in total. The van der Waals surface area contributed by atoms with Crippen LogP contribution in [0, 0.1) is 16.7 Å². The summed E-state index contributed by atoms with van der Waals surface area (Å²) < 4.78 is 7.16. The molecule has 0 amide bonds. The van der Waals surface area contributed by atoms with Crippen molar-refractivity contribution in [2.75, 3.05) is 0 Å². The number of rotatable bonds is 6. The van der Waals surface area contributed by atoms with Gasteiger partial charge in [-0.05, 0) is 91.5 Å². The van der Waals surface area contributed by atoms with Crippen LogP contribution >= 0.6 is 0 Å². The van der Waals surface area contributed by atoms with Gasteiger partial charge in [0.1, 0.15) is 0 Å². The zero-order chi connectivity index (χ0) is 23.4. The van der Waals surface area contributed by atoms with Crippen molar-refractivity contribution in [3.05, 3.63) is 11.6 Å². The van der Waals surface area contributed by atoms with Crippen molar-refractivity contribution in [3.63, 3.8) is 0 Å². The Morgan fingerprint density at radius 3 is 1.90 bits per heavy atom. The molecule has 0 aromatic rings. The highest BCUT2D eigenvalue weighted by molar-refractivity contribution is 6.74. The Kier molecular flexibility index (Phi) is 7.15. The smallest absolute Gasteiger partial charge is 0.192 e. The average Bonchev–Trinajstić information content (AvgIpc) is 3.28. The van der Waals surface area contributed by atoms with Crippen LogP contribution < -0.4 is 0 Å². The second-order valence-corrected chi connectivity index (χ2v) is 23.7. The summed E-state index contributed by atoms with van der Waals surface area (Å²) in [5.41, 5.74) is 2.29. The van der Waals surface area contributed by atoms with E-state index in [1.807, 2.05) is 0 Å². The summed E-state index contributed by atoms with van der Waals surface area (Å²) >= 11 is 0. The maximum atomic E-state index is 11.0. The Hall–Kier alpha value is 0.0938. The van der Waals surface area contributed by atoms with Crippen molar-refractivity contribution in [1.82, 2.24) is 0 Å². The molecular formula is C26H52O2Si2. The predicted molar refractivity (Wildman–Crippen MR) is 137 cm³/mol. The van der Waals surface area contributed by atoms with Crippen molar-refractivity contribution in [2.45, 2.75) is 136 Å². The average molecular weight is 453 g/mol. The van der Waals surface area contributed by atoms with Crippen LogP contribution in [0.3, 0.4) is 0 Å². The lowest BCUT2D eigenvalue weighted by molar-refractivity contribution is 0.0355. The van der Waals surface area contributed by atoms with Crippen molar-refractivity contribution in [1.29, 1.82) is 0 Å². The van der Waals surface area contributed by atoms with Gasteiger partial charge in [0.15, 0.2) is 16.6 Å². The van der Waals surface area contributed by atoms with Gasteiger partial charge in [0.25, 0.3) is 0 Å². The normalized spacial score (nSPS) is 27.0. The Bertz CT molecular complexity index is 595. The topological polar surface area (TPSA) is 29.5 Å².